The van der Waals surface area contributed by atoms with Crippen LogP contribution in [0.1, 0.15) is 40.5 Å². The van der Waals surface area contributed by atoms with Gasteiger partial charge in [-0.15, -0.1) is 0 Å². The van der Waals surface area contributed by atoms with Gasteiger partial charge in [0.25, 0.3) is 0 Å². The quantitative estimate of drug-likeness (QED) is 0.832. The first-order chi connectivity index (χ1) is 8.16. The van der Waals surface area contributed by atoms with Crippen LogP contribution in [0.15, 0.2) is 0 Å². The van der Waals surface area contributed by atoms with Gasteiger partial charge in [0, 0.05) is 32.3 Å². The van der Waals surface area contributed by atoms with Crippen molar-refractivity contribution < 1.29 is 9.53 Å². The van der Waals surface area contributed by atoms with Gasteiger partial charge in [-0.1, -0.05) is 0 Å². The molecule has 1 aliphatic rings. The standard InChI is InChI=1S/C14H28N2O2/c1-13(2,14(3,4)15)12(17)16(5)10-11-6-8-18-9-7-11/h11H,6-10,15H2,1-5H3. The Morgan fingerprint density at radius 2 is 1.78 bits per heavy atom. The number of amides is 1. The molecule has 1 aliphatic heterocycles. The highest BCUT2D eigenvalue weighted by Gasteiger charge is 2.42. The predicted molar refractivity (Wildman–Crippen MR) is 73.2 cm³/mol. The number of nitrogens with zero attached hydrogens (tertiary/aromatic N) is 1. The molecule has 0 radical (unpaired) electrons. The molecule has 1 saturated heterocycles. The monoisotopic (exact) mass is 256 g/mol. The average Bonchev–Trinajstić information content (AvgIpc) is 2.27. The summed E-state index contributed by atoms with van der Waals surface area (Å²) in [5.74, 6) is 0.686. The molecule has 0 atom stereocenters. The molecule has 0 aromatic carbocycles. The Kier molecular flexibility index (Phi) is 4.78. The molecule has 0 spiro atoms. The maximum Gasteiger partial charge on any atom is 0.229 e. The molecular formula is C14H28N2O2. The number of carbonyl (C=O) groups is 1. The smallest absolute Gasteiger partial charge is 0.229 e. The van der Waals surface area contributed by atoms with E-state index in [9.17, 15) is 4.79 Å². The number of nitrogens with two attached hydrogens (primary N) is 1. The summed E-state index contributed by atoms with van der Waals surface area (Å²) in [6, 6.07) is 0. The van der Waals surface area contributed by atoms with Gasteiger partial charge in [-0.3, -0.25) is 4.79 Å². The van der Waals surface area contributed by atoms with Gasteiger partial charge in [0.1, 0.15) is 0 Å². The Hall–Kier alpha value is -0.610. The van der Waals surface area contributed by atoms with E-state index >= 15 is 0 Å². The van der Waals surface area contributed by atoms with Gasteiger partial charge in [-0.05, 0) is 46.5 Å². The molecule has 0 aromatic rings. The largest absolute Gasteiger partial charge is 0.381 e. The molecule has 18 heavy (non-hydrogen) atoms. The molecule has 0 aliphatic carbocycles. The fourth-order valence-electron chi connectivity index (χ4n) is 2.15. The van der Waals surface area contributed by atoms with Gasteiger partial charge in [0.05, 0.1) is 5.41 Å². The van der Waals surface area contributed by atoms with E-state index in [2.05, 4.69) is 0 Å². The van der Waals surface area contributed by atoms with Crippen molar-refractivity contribution in [3.05, 3.63) is 0 Å². The van der Waals surface area contributed by atoms with Gasteiger partial charge in [0.15, 0.2) is 0 Å². The van der Waals surface area contributed by atoms with E-state index < -0.39 is 11.0 Å². The average molecular weight is 256 g/mol. The minimum Gasteiger partial charge on any atom is -0.381 e. The van der Waals surface area contributed by atoms with E-state index in [1.165, 1.54) is 0 Å². The second kappa shape index (κ2) is 5.57. The highest BCUT2D eigenvalue weighted by atomic mass is 16.5. The number of ether oxygens (including phenoxy) is 1. The molecule has 1 rings (SSSR count). The Labute approximate surface area is 111 Å². The normalized spacial score (nSPS) is 18.8. The lowest BCUT2D eigenvalue weighted by molar-refractivity contribution is -0.143. The molecule has 0 aromatic heterocycles. The lowest BCUT2D eigenvalue weighted by Crippen LogP contribution is -2.56. The Morgan fingerprint density at radius 1 is 1.28 bits per heavy atom. The van der Waals surface area contributed by atoms with Crippen molar-refractivity contribution in [3.63, 3.8) is 0 Å². The molecule has 4 heteroatoms. The van der Waals surface area contributed by atoms with Crippen LogP contribution in [-0.4, -0.2) is 43.2 Å². The number of carbonyl (C=O) groups excluding carboxylic acids is 1. The molecule has 1 fully saturated rings. The summed E-state index contributed by atoms with van der Waals surface area (Å²) in [5.41, 5.74) is 5.05. The zero-order valence-electron chi connectivity index (χ0n) is 12.5. The fraction of sp³-hybridized carbons (Fsp3) is 0.929. The van der Waals surface area contributed by atoms with Crippen molar-refractivity contribution >= 4 is 5.91 Å². The molecule has 1 amide bonds. The molecule has 0 saturated carbocycles. The number of rotatable bonds is 4. The third kappa shape index (κ3) is 3.45. The van der Waals surface area contributed by atoms with E-state index in [-0.39, 0.29) is 5.91 Å². The zero-order chi connectivity index (χ0) is 14.0. The summed E-state index contributed by atoms with van der Waals surface area (Å²) in [7, 11) is 1.88. The summed E-state index contributed by atoms with van der Waals surface area (Å²) < 4.78 is 5.34. The summed E-state index contributed by atoms with van der Waals surface area (Å²) in [6.45, 7) is 10.1. The summed E-state index contributed by atoms with van der Waals surface area (Å²) in [5, 5.41) is 0. The number of hydrogen-bond donors (Lipinski definition) is 1. The summed E-state index contributed by atoms with van der Waals surface area (Å²) >= 11 is 0. The van der Waals surface area contributed by atoms with Gasteiger partial charge in [-0.25, -0.2) is 0 Å². The van der Waals surface area contributed by atoms with Crippen LogP contribution in [0.3, 0.4) is 0 Å². The zero-order valence-corrected chi connectivity index (χ0v) is 12.5. The van der Waals surface area contributed by atoms with Gasteiger partial charge in [-0.2, -0.15) is 0 Å². The summed E-state index contributed by atoms with van der Waals surface area (Å²) in [4.78, 5) is 14.3. The molecule has 2 N–H and O–H groups in total. The minimum atomic E-state index is -0.549. The molecule has 0 unspecified atom stereocenters. The van der Waals surface area contributed by atoms with E-state index in [4.69, 9.17) is 10.5 Å². The lowest BCUT2D eigenvalue weighted by Gasteiger charge is -2.40. The van der Waals surface area contributed by atoms with E-state index in [1.807, 2.05) is 39.6 Å². The molecular weight excluding hydrogens is 228 g/mol. The Morgan fingerprint density at radius 3 is 2.22 bits per heavy atom. The van der Waals surface area contributed by atoms with Crippen molar-refractivity contribution in [1.82, 2.24) is 4.90 Å². The van der Waals surface area contributed by atoms with E-state index in [1.54, 1.807) is 0 Å². The highest BCUT2D eigenvalue weighted by Crippen LogP contribution is 2.30. The Balaban J connectivity index is 2.60. The van der Waals surface area contributed by atoms with Crippen LogP contribution in [-0.2, 0) is 9.53 Å². The van der Waals surface area contributed by atoms with Crippen LogP contribution in [0.4, 0.5) is 0 Å². The SMILES string of the molecule is CN(CC1CCOCC1)C(=O)C(C)(C)C(C)(C)N. The second-order valence-corrected chi connectivity index (χ2v) is 6.59. The third-order valence-corrected chi connectivity index (χ3v) is 4.37. The first kappa shape index (κ1) is 15.4. The van der Waals surface area contributed by atoms with Crippen LogP contribution in [0, 0.1) is 11.3 Å². The van der Waals surface area contributed by atoms with E-state index in [0.29, 0.717) is 5.92 Å². The lowest BCUT2D eigenvalue weighted by atomic mass is 9.74. The van der Waals surface area contributed by atoms with Crippen LogP contribution < -0.4 is 5.73 Å². The van der Waals surface area contributed by atoms with Crippen LogP contribution in [0.25, 0.3) is 0 Å². The van der Waals surface area contributed by atoms with Crippen LogP contribution >= 0.6 is 0 Å². The van der Waals surface area contributed by atoms with E-state index in [0.717, 1.165) is 32.6 Å². The van der Waals surface area contributed by atoms with Crippen molar-refractivity contribution in [2.75, 3.05) is 26.8 Å². The molecule has 4 nitrogen and oxygen atoms in total. The minimum absolute atomic E-state index is 0.126. The van der Waals surface area contributed by atoms with Crippen LogP contribution in [0.2, 0.25) is 0 Å². The first-order valence-corrected chi connectivity index (χ1v) is 6.78. The van der Waals surface area contributed by atoms with Crippen molar-refractivity contribution in [2.24, 2.45) is 17.1 Å². The second-order valence-electron chi connectivity index (χ2n) is 6.59. The first-order valence-electron chi connectivity index (χ1n) is 6.78. The number of hydrogen-bond acceptors (Lipinski definition) is 3. The predicted octanol–water partition coefficient (Wildman–Crippen LogP) is 1.63. The highest BCUT2D eigenvalue weighted by molar-refractivity contribution is 5.83. The van der Waals surface area contributed by atoms with Crippen molar-refractivity contribution in [1.29, 1.82) is 0 Å². The van der Waals surface area contributed by atoms with Gasteiger partial charge < -0.3 is 15.4 Å². The van der Waals surface area contributed by atoms with Gasteiger partial charge in [0.2, 0.25) is 5.91 Å². The third-order valence-electron chi connectivity index (χ3n) is 4.37. The fourth-order valence-corrected chi connectivity index (χ4v) is 2.15. The molecule has 0 bridgehead atoms. The maximum absolute atomic E-state index is 12.5. The van der Waals surface area contributed by atoms with Crippen molar-refractivity contribution in [3.8, 4) is 0 Å². The Bertz CT molecular complexity index is 289. The molecule has 1 heterocycles. The summed E-state index contributed by atoms with van der Waals surface area (Å²) in [6.07, 6.45) is 2.09. The van der Waals surface area contributed by atoms with Gasteiger partial charge >= 0.3 is 0 Å². The topological polar surface area (TPSA) is 55.6 Å². The van der Waals surface area contributed by atoms with Crippen molar-refractivity contribution in [2.45, 2.75) is 46.1 Å². The molecule has 106 valence electrons. The maximum atomic E-state index is 12.5. The van der Waals surface area contributed by atoms with Crippen LogP contribution in [0.5, 0.6) is 0 Å².